The van der Waals surface area contributed by atoms with E-state index in [0.717, 1.165) is 38.9 Å². The van der Waals surface area contributed by atoms with Gasteiger partial charge in [0, 0.05) is 19.7 Å². The zero-order valence-electron chi connectivity index (χ0n) is 15.9. The van der Waals surface area contributed by atoms with Gasteiger partial charge in [0.2, 0.25) is 5.91 Å². The van der Waals surface area contributed by atoms with Crippen LogP contribution in [0.1, 0.15) is 57.2 Å². The molecular formula is C21H32N2O2. The molecule has 1 aromatic carbocycles. The summed E-state index contributed by atoms with van der Waals surface area (Å²) in [6, 6.07) is 9.05. The second-order valence-corrected chi connectivity index (χ2v) is 8.69. The number of amides is 1. The van der Waals surface area contributed by atoms with Gasteiger partial charge >= 0.3 is 0 Å². The molecular weight excluding hydrogens is 312 g/mol. The molecule has 4 nitrogen and oxygen atoms in total. The minimum absolute atomic E-state index is 0.155. The Kier molecular flexibility index (Phi) is 5.49. The fraction of sp³-hybridized carbons (Fsp3) is 0.667. The molecule has 2 aliphatic heterocycles. The molecule has 2 fully saturated rings. The van der Waals surface area contributed by atoms with Gasteiger partial charge in [-0.1, -0.05) is 45.0 Å². The number of hydrogen-bond donors (Lipinski definition) is 1. The molecule has 1 amide bonds. The van der Waals surface area contributed by atoms with Gasteiger partial charge in [0.1, 0.15) is 0 Å². The molecule has 0 unspecified atom stereocenters. The van der Waals surface area contributed by atoms with Crippen LogP contribution in [0.25, 0.3) is 0 Å². The van der Waals surface area contributed by atoms with Gasteiger partial charge in [-0.05, 0) is 48.3 Å². The summed E-state index contributed by atoms with van der Waals surface area (Å²) in [5.74, 6) is 0.577. The Morgan fingerprint density at radius 1 is 1.16 bits per heavy atom. The predicted molar refractivity (Wildman–Crippen MR) is 100 cm³/mol. The minimum atomic E-state index is 0.155. The molecule has 0 spiro atoms. The van der Waals surface area contributed by atoms with Crippen LogP contribution in [-0.4, -0.2) is 53.6 Å². The summed E-state index contributed by atoms with van der Waals surface area (Å²) in [7, 11) is 0. The third kappa shape index (κ3) is 4.24. The van der Waals surface area contributed by atoms with Crippen molar-refractivity contribution < 1.29 is 9.90 Å². The van der Waals surface area contributed by atoms with E-state index in [1.807, 2.05) is 0 Å². The van der Waals surface area contributed by atoms with Crippen molar-refractivity contribution in [3.63, 3.8) is 0 Å². The largest absolute Gasteiger partial charge is 0.396 e. The summed E-state index contributed by atoms with van der Waals surface area (Å²) >= 11 is 0. The molecule has 1 aromatic rings. The number of carbonyl (C=O) groups is 1. The molecule has 0 bridgehead atoms. The Morgan fingerprint density at radius 3 is 2.48 bits per heavy atom. The lowest BCUT2D eigenvalue weighted by molar-refractivity contribution is -0.133. The molecule has 0 aliphatic carbocycles. The maximum absolute atomic E-state index is 12.8. The summed E-state index contributed by atoms with van der Waals surface area (Å²) in [6.45, 7) is 10.0. The van der Waals surface area contributed by atoms with Crippen molar-refractivity contribution in [2.75, 3.05) is 32.8 Å². The Bertz CT molecular complexity index is 591. The van der Waals surface area contributed by atoms with Gasteiger partial charge in [-0.25, -0.2) is 0 Å². The standard InChI is InChI=1S/C21H32N2O2/c1-21(2,3)18-8-6-17(7-9-18)19-5-4-11-23(19)20(25)14-22-12-10-16(13-22)15-24/h6-9,16,19,24H,4-5,10-15H2,1-3H3/t16-,19+/m1/s1. The zero-order chi connectivity index (χ0) is 18.0. The molecule has 2 atom stereocenters. The molecule has 3 rings (SSSR count). The van der Waals surface area contributed by atoms with E-state index < -0.39 is 0 Å². The molecule has 4 heteroatoms. The molecule has 1 N–H and O–H groups in total. The number of rotatable bonds is 4. The third-order valence-electron chi connectivity index (χ3n) is 5.72. The molecule has 0 radical (unpaired) electrons. The highest BCUT2D eigenvalue weighted by molar-refractivity contribution is 5.79. The Balaban J connectivity index is 1.65. The van der Waals surface area contributed by atoms with Crippen LogP contribution < -0.4 is 0 Å². The topological polar surface area (TPSA) is 43.8 Å². The van der Waals surface area contributed by atoms with Gasteiger partial charge < -0.3 is 10.0 Å². The van der Waals surface area contributed by atoms with Crippen molar-refractivity contribution in [3.8, 4) is 0 Å². The van der Waals surface area contributed by atoms with Crippen LogP contribution in [0.5, 0.6) is 0 Å². The number of hydrogen-bond acceptors (Lipinski definition) is 3. The smallest absolute Gasteiger partial charge is 0.237 e. The van der Waals surface area contributed by atoms with E-state index >= 15 is 0 Å². The van der Waals surface area contributed by atoms with E-state index in [9.17, 15) is 9.90 Å². The quantitative estimate of drug-likeness (QED) is 0.913. The monoisotopic (exact) mass is 344 g/mol. The van der Waals surface area contributed by atoms with Crippen LogP contribution in [0.15, 0.2) is 24.3 Å². The van der Waals surface area contributed by atoms with E-state index in [-0.39, 0.29) is 24.0 Å². The van der Waals surface area contributed by atoms with Gasteiger partial charge in [0.25, 0.3) is 0 Å². The molecule has 2 saturated heterocycles. The first-order valence-corrected chi connectivity index (χ1v) is 9.61. The first-order chi connectivity index (χ1) is 11.9. The highest BCUT2D eigenvalue weighted by atomic mass is 16.3. The number of likely N-dealkylation sites (tertiary alicyclic amines) is 2. The number of carbonyl (C=O) groups excluding carboxylic acids is 1. The fourth-order valence-electron chi connectivity index (χ4n) is 4.10. The number of benzene rings is 1. The minimum Gasteiger partial charge on any atom is -0.396 e. The summed E-state index contributed by atoms with van der Waals surface area (Å²) in [6.07, 6.45) is 3.14. The molecule has 0 saturated carbocycles. The summed E-state index contributed by atoms with van der Waals surface area (Å²) in [4.78, 5) is 17.1. The molecule has 138 valence electrons. The van der Waals surface area contributed by atoms with E-state index in [1.165, 1.54) is 11.1 Å². The average molecular weight is 344 g/mol. The van der Waals surface area contributed by atoms with Gasteiger partial charge in [-0.3, -0.25) is 9.69 Å². The van der Waals surface area contributed by atoms with E-state index in [1.54, 1.807) is 0 Å². The van der Waals surface area contributed by atoms with Crippen LogP contribution in [0.3, 0.4) is 0 Å². The molecule has 25 heavy (non-hydrogen) atoms. The Hall–Kier alpha value is -1.39. The van der Waals surface area contributed by atoms with Crippen molar-refractivity contribution in [1.29, 1.82) is 0 Å². The SMILES string of the molecule is CC(C)(C)c1ccc([C@@H]2CCCN2C(=O)CN2CC[C@@H](CO)C2)cc1. The second-order valence-electron chi connectivity index (χ2n) is 8.69. The zero-order valence-corrected chi connectivity index (χ0v) is 15.9. The lowest BCUT2D eigenvalue weighted by Gasteiger charge is -2.28. The van der Waals surface area contributed by atoms with Crippen molar-refractivity contribution in [2.45, 2.75) is 51.5 Å². The Labute approximate surface area is 151 Å². The number of aliphatic hydroxyl groups excluding tert-OH is 1. The van der Waals surface area contributed by atoms with Crippen LogP contribution in [-0.2, 0) is 10.2 Å². The normalized spacial score (nSPS) is 24.9. The van der Waals surface area contributed by atoms with Gasteiger partial charge in [-0.15, -0.1) is 0 Å². The van der Waals surface area contributed by atoms with Crippen molar-refractivity contribution in [3.05, 3.63) is 35.4 Å². The highest BCUT2D eigenvalue weighted by Gasteiger charge is 2.32. The first-order valence-electron chi connectivity index (χ1n) is 9.61. The highest BCUT2D eigenvalue weighted by Crippen LogP contribution is 2.33. The van der Waals surface area contributed by atoms with Crippen LogP contribution in [0.2, 0.25) is 0 Å². The summed E-state index contributed by atoms with van der Waals surface area (Å²) in [5.41, 5.74) is 2.75. The lowest BCUT2D eigenvalue weighted by atomic mass is 9.86. The van der Waals surface area contributed by atoms with E-state index in [2.05, 4.69) is 54.8 Å². The van der Waals surface area contributed by atoms with E-state index in [0.29, 0.717) is 12.5 Å². The second kappa shape index (κ2) is 7.46. The number of nitrogens with zero attached hydrogens (tertiary/aromatic N) is 2. The predicted octanol–water partition coefficient (Wildman–Crippen LogP) is 2.96. The van der Waals surface area contributed by atoms with Crippen LogP contribution >= 0.6 is 0 Å². The van der Waals surface area contributed by atoms with Crippen molar-refractivity contribution >= 4 is 5.91 Å². The maximum atomic E-state index is 12.8. The van der Waals surface area contributed by atoms with Crippen LogP contribution in [0.4, 0.5) is 0 Å². The maximum Gasteiger partial charge on any atom is 0.237 e. The Morgan fingerprint density at radius 2 is 1.88 bits per heavy atom. The van der Waals surface area contributed by atoms with Crippen molar-refractivity contribution in [2.24, 2.45) is 5.92 Å². The van der Waals surface area contributed by atoms with Gasteiger partial charge in [-0.2, -0.15) is 0 Å². The van der Waals surface area contributed by atoms with Crippen LogP contribution in [0, 0.1) is 5.92 Å². The van der Waals surface area contributed by atoms with Gasteiger partial charge in [0.15, 0.2) is 0 Å². The summed E-state index contributed by atoms with van der Waals surface area (Å²) < 4.78 is 0. The van der Waals surface area contributed by atoms with E-state index in [4.69, 9.17) is 0 Å². The lowest BCUT2D eigenvalue weighted by Crippen LogP contribution is -2.39. The molecule has 2 heterocycles. The average Bonchev–Trinajstić information content (AvgIpc) is 3.23. The number of aliphatic hydroxyl groups is 1. The first kappa shape index (κ1) is 18.4. The summed E-state index contributed by atoms with van der Waals surface area (Å²) in [5, 5.41) is 9.28. The van der Waals surface area contributed by atoms with Gasteiger partial charge in [0.05, 0.1) is 12.6 Å². The molecule has 2 aliphatic rings. The fourth-order valence-corrected chi connectivity index (χ4v) is 4.10. The third-order valence-corrected chi connectivity index (χ3v) is 5.72. The van der Waals surface area contributed by atoms with Crippen molar-refractivity contribution in [1.82, 2.24) is 9.80 Å². The molecule has 0 aromatic heterocycles.